The molecule has 2 amide bonds. The van der Waals surface area contributed by atoms with Crippen molar-refractivity contribution in [3.63, 3.8) is 0 Å². The van der Waals surface area contributed by atoms with E-state index < -0.39 is 6.03 Å². The van der Waals surface area contributed by atoms with Crippen LogP contribution in [0.5, 0.6) is 0 Å². The van der Waals surface area contributed by atoms with Gasteiger partial charge in [0.15, 0.2) is 11.0 Å². The number of amides is 2. The predicted molar refractivity (Wildman–Crippen MR) is 63.9 cm³/mol. The first kappa shape index (κ1) is 11.3. The normalized spacial score (nSPS) is 9.71. The van der Waals surface area contributed by atoms with E-state index in [2.05, 4.69) is 25.6 Å². The highest BCUT2D eigenvalue weighted by molar-refractivity contribution is 6.32. The Morgan fingerprint density at radius 3 is 2.76 bits per heavy atom. The minimum absolute atomic E-state index is 0.224. The summed E-state index contributed by atoms with van der Waals surface area (Å²) in [5, 5.41) is 5.28. The van der Waals surface area contributed by atoms with Crippen molar-refractivity contribution in [2.45, 2.75) is 0 Å². The average molecular weight is 250 g/mol. The molecule has 0 aliphatic rings. The number of aromatic nitrogens is 3. The molecule has 2 aromatic heterocycles. The lowest BCUT2D eigenvalue weighted by Crippen LogP contribution is -2.20. The standard InChI is InChI=1S/C10H8ClN5O/c11-9-7(2-1-3-14-9)15-10(17)16-8-6-12-4-5-13-8/h1-6H,(H2,13,15,16,17). The van der Waals surface area contributed by atoms with Gasteiger partial charge in [0.1, 0.15) is 0 Å². The molecule has 2 aromatic rings. The number of hydrogen-bond acceptors (Lipinski definition) is 4. The number of halogens is 1. The van der Waals surface area contributed by atoms with Crippen LogP contribution in [-0.4, -0.2) is 21.0 Å². The van der Waals surface area contributed by atoms with E-state index in [4.69, 9.17) is 11.6 Å². The summed E-state index contributed by atoms with van der Waals surface area (Å²) >= 11 is 5.79. The molecule has 2 heterocycles. The average Bonchev–Trinajstić information content (AvgIpc) is 2.33. The fraction of sp³-hybridized carbons (Fsp3) is 0. The molecule has 0 saturated carbocycles. The largest absolute Gasteiger partial charge is 0.324 e. The Morgan fingerprint density at radius 1 is 1.18 bits per heavy atom. The van der Waals surface area contributed by atoms with Gasteiger partial charge in [0.2, 0.25) is 0 Å². The molecule has 17 heavy (non-hydrogen) atoms. The van der Waals surface area contributed by atoms with Crippen LogP contribution in [0.1, 0.15) is 0 Å². The van der Waals surface area contributed by atoms with E-state index >= 15 is 0 Å². The highest BCUT2D eigenvalue weighted by Crippen LogP contribution is 2.17. The summed E-state index contributed by atoms with van der Waals surface area (Å²) in [6.07, 6.45) is 5.96. The molecule has 0 unspecified atom stereocenters. The van der Waals surface area contributed by atoms with Crippen molar-refractivity contribution >= 4 is 29.1 Å². The molecule has 0 saturated heterocycles. The highest BCUT2D eigenvalue weighted by Gasteiger charge is 2.06. The first-order valence-corrected chi connectivity index (χ1v) is 5.08. The van der Waals surface area contributed by atoms with Crippen LogP contribution in [0.2, 0.25) is 5.15 Å². The van der Waals surface area contributed by atoms with Gasteiger partial charge < -0.3 is 5.32 Å². The minimum atomic E-state index is -0.458. The molecule has 0 aliphatic heterocycles. The number of pyridine rings is 1. The van der Waals surface area contributed by atoms with Gasteiger partial charge in [-0.1, -0.05) is 11.6 Å². The number of rotatable bonds is 2. The number of nitrogens with one attached hydrogen (secondary N) is 2. The monoisotopic (exact) mass is 249 g/mol. The summed E-state index contributed by atoms with van der Waals surface area (Å²) in [5.41, 5.74) is 0.426. The van der Waals surface area contributed by atoms with E-state index in [0.29, 0.717) is 11.5 Å². The van der Waals surface area contributed by atoms with Crippen LogP contribution in [-0.2, 0) is 0 Å². The van der Waals surface area contributed by atoms with E-state index in [-0.39, 0.29) is 5.15 Å². The van der Waals surface area contributed by atoms with E-state index in [0.717, 1.165) is 0 Å². The van der Waals surface area contributed by atoms with Crippen LogP contribution in [0.4, 0.5) is 16.3 Å². The topological polar surface area (TPSA) is 79.8 Å². The second kappa shape index (κ2) is 5.22. The van der Waals surface area contributed by atoms with Crippen LogP contribution in [0, 0.1) is 0 Å². The van der Waals surface area contributed by atoms with E-state index in [1.807, 2.05) is 0 Å². The second-order valence-electron chi connectivity index (χ2n) is 3.01. The molecule has 0 atom stereocenters. The maximum absolute atomic E-state index is 11.6. The third-order valence-electron chi connectivity index (χ3n) is 1.81. The lowest BCUT2D eigenvalue weighted by Gasteiger charge is -2.06. The molecule has 6 nitrogen and oxygen atoms in total. The lowest BCUT2D eigenvalue weighted by atomic mass is 10.4. The van der Waals surface area contributed by atoms with Gasteiger partial charge >= 0.3 is 6.03 Å². The van der Waals surface area contributed by atoms with Gasteiger partial charge in [-0.05, 0) is 12.1 Å². The third-order valence-corrected chi connectivity index (χ3v) is 2.11. The third kappa shape index (κ3) is 3.12. The van der Waals surface area contributed by atoms with Crippen LogP contribution in [0.25, 0.3) is 0 Å². The van der Waals surface area contributed by atoms with Gasteiger partial charge in [-0.15, -0.1) is 0 Å². The van der Waals surface area contributed by atoms with Crippen molar-refractivity contribution in [2.75, 3.05) is 10.6 Å². The molecule has 0 radical (unpaired) electrons. The highest BCUT2D eigenvalue weighted by atomic mass is 35.5. The SMILES string of the molecule is O=C(Nc1cnccn1)Nc1cccnc1Cl. The van der Waals surface area contributed by atoms with Gasteiger partial charge in [0.05, 0.1) is 11.9 Å². The Bertz CT molecular complexity index is 519. The summed E-state index contributed by atoms with van der Waals surface area (Å²) in [5.74, 6) is 0.352. The fourth-order valence-electron chi connectivity index (χ4n) is 1.11. The Kier molecular flexibility index (Phi) is 3.46. The number of nitrogens with zero attached hydrogens (tertiary/aromatic N) is 3. The fourth-order valence-corrected chi connectivity index (χ4v) is 1.28. The van der Waals surface area contributed by atoms with Crippen LogP contribution in [0.3, 0.4) is 0 Å². The van der Waals surface area contributed by atoms with Crippen molar-refractivity contribution in [3.05, 3.63) is 42.1 Å². The van der Waals surface area contributed by atoms with Crippen molar-refractivity contribution in [1.29, 1.82) is 0 Å². The zero-order valence-corrected chi connectivity index (χ0v) is 9.35. The van der Waals surface area contributed by atoms with Gasteiger partial charge in [-0.3, -0.25) is 10.3 Å². The molecular formula is C10H8ClN5O. The number of urea groups is 1. The summed E-state index contributed by atoms with van der Waals surface area (Å²) in [6.45, 7) is 0. The van der Waals surface area contributed by atoms with Crippen LogP contribution >= 0.6 is 11.6 Å². The zero-order valence-electron chi connectivity index (χ0n) is 8.59. The Morgan fingerprint density at radius 2 is 2.06 bits per heavy atom. The van der Waals surface area contributed by atoms with Gasteiger partial charge in [0, 0.05) is 18.6 Å². The molecule has 0 aliphatic carbocycles. The smallest absolute Gasteiger partial charge is 0.305 e. The number of carbonyl (C=O) groups is 1. The van der Waals surface area contributed by atoms with Crippen LogP contribution in [0.15, 0.2) is 36.9 Å². The molecule has 0 fully saturated rings. The summed E-state index contributed by atoms with van der Waals surface area (Å²) < 4.78 is 0. The van der Waals surface area contributed by atoms with Crippen molar-refractivity contribution < 1.29 is 4.79 Å². The Balaban J connectivity index is 2.01. The van der Waals surface area contributed by atoms with E-state index in [1.54, 1.807) is 12.1 Å². The van der Waals surface area contributed by atoms with E-state index in [1.165, 1.54) is 24.8 Å². The second-order valence-corrected chi connectivity index (χ2v) is 3.37. The lowest BCUT2D eigenvalue weighted by molar-refractivity contribution is 0.262. The molecule has 2 rings (SSSR count). The number of anilines is 2. The van der Waals surface area contributed by atoms with Crippen molar-refractivity contribution in [1.82, 2.24) is 15.0 Å². The van der Waals surface area contributed by atoms with E-state index in [9.17, 15) is 4.79 Å². The zero-order chi connectivity index (χ0) is 12.1. The minimum Gasteiger partial charge on any atom is -0.305 e. The molecule has 0 spiro atoms. The quantitative estimate of drug-likeness (QED) is 0.800. The maximum Gasteiger partial charge on any atom is 0.324 e. The molecule has 2 N–H and O–H groups in total. The Hall–Kier alpha value is -2.21. The molecule has 7 heteroatoms. The first-order chi connectivity index (χ1) is 8.25. The molecule has 0 aromatic carbocycles. The van der Waals surface area contributed by atoms with Gasteiger partial charge in [-0.2, -0.15) is 0 Å². The predicted octanol–water partition coefficient (Wildman–Crippen LogP) is 2.17. The van der Waals surface area contributed by atoms with Gasteiger partial charge in [-0.25, -0.2) is 14.8 Å². The van der Waals surface area contributed by atoms with Gasteiger partial charge in [0.25, 0.3) is 0 Å². The molecule has 0 bridgehead atoms. The number of carbonyl (C=O) groups excluding carboxylic acids is 1. The first-order valence-electron chi connectivity index (χ1n) is 4.70. The maximum atomic E-state index is 11.6. The van der Waals surface area contributed by atoms with Crippen molar-refractivity contribution in [2.24, 2.45) is 0 Å². The number of hydrogen-bond donors (Lipinski definition) is 2. The Labute approximate surface area is 102 Å². The van der Waals surface area contributed by atoms with Crippen LogP contribution < -0.4 is 10.6 Å². The summed E-state index contributed by atoms with van der Waals surface area (Å²) in [7, 11) is 0. The molecule has 86 valence electrons. The summed E-state index contributed by atoms with van der Waals surface area (Å²) in [6, 6.07) is 2.86. The molecular weight excluding hydrogens is 242 g/mol. The summed E-state index contributed by atoms with van der Waals surface area (Å²) in [4.78, 5) is 23.1. The van der Waals surface area contributed by atoms with Crippen molar-refractivity contribution in [3.8, 4) is 0 Å².